The first kappa shape index (κ1) is 20.4. The molecule has 8 heteroatoms. The fourth-order valence-corrected chi connectivity index (χ4v) is 3.65. The highest BCUT2D eigenvalue weighted by atomic mass is 32.2. The van der Waals surface area contributed by atoms with Crippen LogP contribution in [0.2, 0.25) is 0 Å². The molecule has 0 spiro atoms. The molecule has 1 unspecified atom stereocenters. The Bertz CT molecular complexity index is 931. The number of nitrogens with zero attached hydrogens (tertiary/aromatic N) is 1. The summed E-state index contributed by atoms with van der Waals surface area (Å²) < 4.78 is 44.2. The van der Waals surface area contributed by atoms with Crippen LogP contribution in [0.1, 0.15) is 6.92 Å². The lowest BCUT2D eigenvalue weighted by Crippen LogP contribution is -2.45. The van der Waals surface area contributed by atoms with Gasteiger partial charge in [0.25, 0.3) is 0 Å². The standard InChI is InChI=1S/C19H21FN2O4S/c1-4-11-26-18-10-6-8-16(13-18)21-19(23)14(2)22(27(3,24)25)17-9-5-7-15(20)12-17/h4-10,12-14H,1,11H2,2-3H3,(H,21,23). The van der Waals surface area contributed by atoms with Gasteiger partial charge in [0.2, 0.25) is 15.9 Å². The van der Waals surface area contributed by atoms with Gasteiger partial charge in [-0.1, -0.05) is 24.8 Å². The van der Waals surface area contributed by atoms with Crippen LogP contribution >= 0.6 is 0 Å². The highest BCUT2D eigenvalue weighted by Crippen LogP contribution is 2.23. The fourth-order valence-electron chi connectivity index (χ4n) is 2.49. The Balaban J connectivity index is 2.24. The van der Waals surface area contributed by atoms with Crippen LogP contribution in [0.3, 0.4) is 0 Å². The zero-order valence-electron chi connectivity index (χ0n) is 15.1. The predicted molar refractivity (Wildman–Crippen MR) is 104 cm³/mol. The van der Waals surface area contributed by atoms with Crippen LogP contribution in [0.5, 0.6) is 5.75 Å². The molecule has 1 N–H and O–H groups in total. The second kappa shape index (κ2) is 8.68. The molecule has 0 aliphatic carbocycles. The summed E-state index contributed by atoms with van der Waals surface area (Å²) in [5.74, 6) is -0.628. The van der Waals surface area contributed by atoms with Gasteiger partial charge >= 0.3 is 0 Å². The molecule has 0 fully saturated rings. The molecule has 27 heavy (non-hydrogen) atoms. The number of nitrogens with one attached hydrogen (secondary N) is 1. The molecule has 144 valence electrons. The largest absolute Gasteiger partial charge is 0.489 e. The lowest BCUT2D eigenvalue weighted by atomic mass is 10.2. The first-order valence-corrected chi connectivity index (χ1v) is 9.97. The molecule has 0 aliphatic rings. The SMILES string of the molecule is C=CCOc1cccc(NC(=O)C(C)N(c2cccc(F)c2)S(C)(=O)=O)c1. The molecule has 0 aromatic heterocycles. The van der Waals surface area contributed by atoms with Gasteiger partial charge < -0.3 is 10.1 Å². The van der Waals surface area contributed by atoms with Gasteiger partial charge in [0.05, 0.1) is 11.9 Å². The van der Waals surface area contributed by atoms with E-state index in [4.69, 9.17) is 4.74 Å². The average molecular weight is 392 g/mol. The Morgan fingerprint density at radius 3 is 2.63 bits per heavy atom. The van der Waals surface area contributed by atoms with Crippen LogP contribution in [-0.2, 0) is 14.8 Å². The van der Waals surface area contributed by atoms with Crippen molar-refractivity contribution in [3.05, 3.63) is 67.0 Å². The molecule has 0 saturated carbocycles. The van der Waals surface area contributed by atoms with Crippen LogP contribution in [-0.4, -0.2) is 33.2 Å². The number of carbonyl (C=O) groups excluding carboxylic acids is 1. The van der Waals surface area contributed by atoms with Crippen LogP contribution in [0.25, 0.3) is 0 Å². The van der Waals surface area contributed by atoms with Gasteiger partial charge in [-0.05, 0) is 37.3 Å². The van der Waals surface area contributed by atoms with E-state index < -0.39 is 27.8 Å². The maximum absolute atomic E-state index is 13.5. The van der Waals surface area contributed by atoms with Crippen molar-refractivity contribution < 1.29 is 22.3 Å². The van der Waals surface area contributed by atoms with E-state index in [0.717, 1.165) is 16.6 Å². The van der Waals surface area contributed by atoms with Gasteiger partial charge in [-0.25, -0.2) is 12.8 Å². The Hall–Kier alpha value is -2.87. The normalized spacial score (nSPS) is 12.1. The first-order valence-electron chi connectivity index (χ1n) is 8.12. The third kappa shape index (κ3) is 5.55. The third-order valence-electron chi connectivity index (χ3n) is 3.62. The highest BCUT2D eigenvalue weighted by molar-refractivity contribution is 7.92. The van der Waals surface area contributed by atoms with Crippen LogP contribution in [0, 0.1) is 5.82 Å². The molecular weight excluding hydrogens is 371 g/mol. The monoisotopic (exact) mass is 392 g/mol. The van der Waals surface area contributed by atoms with E-state index in [-0.39, 0.29) is 5.69 Å². The molecule has 1 amide bonds. The maximum atomic E-state index is 13.5. The van der Waals surface area contributed by atoms with Crippen molar-refractivity contribution in [1.29, 1.82) is 0 Å². The minimum Gasteiger partial charge on any atom is -0.489 e. The number of hydrogen-bond acceptors (Lipinski definition) is 4. The quantitative estimate of drug-likeness (QED) is 0.700. The molecule has 2 rings (SSSR count). The lowest BCUT2D eigenvalue weighted by molar-refractivity contribution is -0.116. The second-order valence-electron chi connectivity index (χ2n) is 5.83. The van der Waals surface area contributed by atoms with Crippen LogP contribution < -0.4 is 14.4 Å². The van der Waals surface area contributed by atoms with Crippen LogP contribution in [0.4, 0.5) is 15.8 Å². The molecule has 0 radical (unpaired) electrons. The molecule has 0 saturated heterocycles. The first-order chi connectivity index (χ1) is 12.7. The second-order valence-corrected chi connectivity index (χ2v) is 7.69. The topological polar surface area (TPSA) is 75.7 Å². The minimum absolute atomic E-state index is 0.0724. The van der Waals surface area contributed by atoms with Crippen molar-refractivity contribution in [2.75, 3.05) is 22.5 Å². The molecule has 0 heterocycles. The van der Waals surface area contributed by atoms with E-state index in [1.165, 1.54) is 25.1 Å². The highest BCUT2D eigenvalue weighted by Gasteiger charge is 2.29. The van der Waals surface area contributed by atoms with Crippen molar-refractivity contribution in [3.8, 4) is 5.75 Å². The number of amides is 1. The van der Waals surface area contributed by atoms with Gasteiger partial charge in [-0.3, -0.25) is 9.10 Å². The summed E-state index contributed by atoms with van der Waals surface area (Å²) in [6, 6.07) is 10.7. The number of halogens is 1. The molecule has 2 aromatic carbocycles. The number of ether oxygens (including phenoxy) is 1. The summed E-state index contributed by atoms with van der Waals surface area (Å²) in [4.78, 5) is 12.6. The summed E-state index contributed by atoms with van der Waals surface area (Å²) in [6.07, 6.45) is 2.56. The van der Waals surface area contributed by atoms with Crippen LogP contribution in [0.15, 0.2) is 61.2 Å². The van der Waals surface area contributed by atoms with E-state index >= 15 is 0 Å². The van der Waals surface area contributed by atoms with Gasteiger partial charge in [-0.2, -0.15) is 0 Å². The average Bonchev–Trinajstić information content (AvgIpc) is 2.59. The van der Waals surface area contributed by atoms with Gasteiger partial charge in [-0.15, -0.1) is 0 Å². The number of anilines is 2. The van der Waals surface area contributed by atoms with Crippen molar-refractivity contribution in [2.45, 2.75) is 13.0 Å². The summed E-state index contributed by atoms with van der Waals surface area (Å²) in [5, 5.41) is 2.65. The molecule has 1 atom stereocenters. The van der Waals surface area contributed by atoms with E-state index in [0.29, 0.717) is 18.0 Å². The molecule has 6 nitrogen and oxygen atoms in total. The number of carbonyl (C=O) groups is 1. The van der Waals surface area contributed by atoms with Crippen molar-refractivity contribution in [3.63, 3.8) is 0 Å². The zero-order valence-corrected chi connectivity index (χ0v) is 15.9. The smallest absolute Gasteiger partial charge is 0.247 e. The van der Waals surface area contributed by atoms with Gasteiger partial charge in [0, 0.05) is 11.8 Å². The number of sulfonamides is 1. The zero-order chi connectivity index (χ0) is 20.0. The number of hydrogen-bond donors (Lipinski definition) is 1. The van der Waals surface area contributed by atoms with Crippen molar-refractivity contribution in [1.82, 2.24) is 0 Å². The van der Waals surface area contributed by atoms with E-state index in [2.05, 4.69) is 11.9 Å². The maximum Gasteiger partial charge on any atom is 0.247 e. The Morgan fingerprint density at radius 2 is 2.00 bits per heavy atom. The molecule has 0 bridgehead atoms. The Kier molecular flexibility index (Phi) is 6.57. The number of benzene rings is 2. The Morgan fingerprint density at radius 1 is 1.30 bits per heavy atom. The molecule has 0 aliphatic heterocycles. The van der Waals surface area contributed by atoms with Crippen molar-refractivity contribution in [2.24, 2.45) is 0 Å². The molecule has 2 aromatic rings. The van der Waals surface area contributed by atoms with E-state index in [9.17, 15) is 17.6 Å². The fraction of sp³-hybridized carbons (Fsp3) is 0.211. The lowest BCUT2D eigenvalue weighted by Gasteiger charge is -2.28. The summed E-state index contributed by atoms with van der Waals surface area (Å²) in [5.41, 5.74) is 0.518. The summed E-state index contributed by atoms with van der Waals surface area (Å²) in [6.45, 7) is 5.31. The predicted octanol–water partition coefficient (Wildman–Crippen LogP) is 3.18. The van der Waals surface area contributed by atoms with Crippen molar-refractivity contribution >= 4 is 27.3 Å². The number of rotatable bonds is 8. The minimum atomic E-state index is -3.82. The van der Waals surface area contributed by atoms with Gasteiger partial charge in [0.15, 0.2) is 0 Å². The summed E-state index contributed by atoms with van der Waals surface area (Å²) in [7, 11) is -3.82. The van der Waals surface area contributed by atoms with E-state index in [1.54, 1.807) is 30.3 Å². The third-order valence-corrected chi connectivity index (χ3v) is 4.86. The molecular formula is C19H21FN2O4S. The van der Waals surface area contributed by atoms with E-state index in [1.807, 2.05) is 0 Å². The van der Waals surface area contributed by atoms with Gasteiger partial charge in [0.1, 0.15) is 24.2 Å². The summed E-state index contributed by atoms with van der Waals surface area (Å²) >= 11 is 0. The Labute approximate surface area is 158 Å².